The summed E-state index contributed by atoms with van der Waals surface area (Å²) in [7, 11) is 5.47. The predicted octanol–water partition coefficient (Wildman–Crippen LogP) is 2.51. The van der Waals surface area contributed by atoms with Gasteiger partial charge in [0.25, 0.3) is 0 Å². The number of halogens is 1. The minimum Gasteiger partial charge on any atom is -0.356 e. The number of aromatic nitrogens is 1. The number of hydrogen-bond acceptors (Lipinski definition) is 4. The standard InChI is InChI=1S/C19H27N5OS.HI/c1-23(2)18(25)15-22-19(21-11-9-16-7-5-4-6-8-16)24(3)13-10-17-20-12-14-26-17;/h4-8,12,14H,9-11,13,15H2,1-3H3,(H,21,22);1H. The third-order valence-corrected chi connectivity index (χ3v) is 4.75. The van der Waals surface area contributed by atoms with Crippen molar-refractivity contribution in [3.63, 3.8) is 0 Å². The molecule has 8 heteroatoms. The van der Waals surface area contributed by atoms with E-state index in [0.717, 1.165) is 36.9 Å². The molecule has 1 amide bonds. The molecule has 2 rings (SSSR count). The first-order valence-corrected chi connectivity index (χ1v) is 9.56. The molecule has 0 radical (unpaired) electrons. The fraction of sp³-hybridized carbons (Fsp3) is 0.421. The van der Waals surface area contributed by atoms with Crippen LogP contribution in [-0.2, 0) is 17.6 Å². The van der Waals surface area contributed by atoms with Crippen LogP contribution < -0.4 is 5.32 Å². The molecule has 0 aliphatic carbocycles. The third-order valence-electron chi connectivity index (χ3n) is 3.91. The lowest BCUT2D eigenvalue weighted by Crippen LogP contribution is -2.41. The van der Waals surface area contributed by atoms with Crippen molar-refractivity contribution < 1.29 is 4.79 Å². The second kappa shape index (κ2) is 12.7. The number of aliphatic imine (C=N–C) groups is 1. The van der Waals surface area contributed by atoms with Gasteiger partial charge in [-0.15, -0.1) is 35.3 Å². The fourth-order valence-electron chi connectivity index (χ4n) is 2.30. The lowest BCUT2D eigenvalue weighted by molar-refractivity contribution is -0.127. The Bertz CT molecular complexity index is 691. The van der Waals surface area contributed by atoms with Crippen molar-refractivity contribution in [3.05, 3.63) is 52.5 Å². The molecule has 0 bridgehead atoms. The number of amides is 1. The smallest absolute Gasteiger partial charge is 0.243 e. The molecule has 0 unspecified atom stereocenters. The molecule has 0 fully saturated rings. The Labute approximate surface area is 182 Å². The van der Waals surface area contributed by atoms with Gasteiger partial charge in [0.2, 0.25) is 5.91 Å². The minimum absolute atomic E-state index is 0. The Morgan fingerprint density at radius 3 is 2.56 bits per heavy atom. The van der Waals surface area contributed by atoms with E-state index < -0.39 is 0 Å². The summed E-state index contributed by atoms with van der Waals surface area (Å²) in [5, 5.41) is 6.47. The van der Waals surface area contributed by atoms with E-state index in [1.54, 1.807) is 30.3 Å². The number of nitrogens with one attached hydrogen (secondary N) is 1. The number of hydrogen-bond donors (Lipinski definition) is 1. The molecular formula is C19H28IN5OS. The summed E-state index contributed by atoms with van der Waals surface area (Å²) in [4.78, 5) is 24.3. The van der Waals surface area contributed by atoms with E-state index in [-0.39, 0.29) is 36.4 Å². The number of nitrogens with zero attached hydrogens (tertiary/aromatic N) is 4. The lowest BCUT2D eigenvalue weighted by Gasteiger charge is -2.22. The first-order chi connectivity index (χ1) is 12.6. The van der Waals surface area contributed by atoms with Gasteiger partial charge >= 0.3 is 0 Å². The third kappa shape index (κ3) is 8.70. The molecule has 0 saturated heterocycles. The molecule has 148 valence electrons. The summed E-state index contributed by atoms with van der Waals surface area (Å²) in [5.74, 6) is 0.730. The van der Waals surface area contributed by atoms with Crippen LogP contribution in [0.1, 0.15) is 10.6 Å². The Morgan fingerprint density at radius 2 is 1.93 bits per heavy atom. The molecule has 2 aromatic rings. The Balaban J connectivity index is 0.00000364. The molecule has 27 heavy (non-hydrogen) atoms. The van der Waals surface area contributed by atoms with Gasteiger partial charge in [-0.05, 0) is 12.0 Å². The van der Waals surface area contributed by atoms with Gasteiger partial charge in [-0.25, -0.2) is 9.98 Å². The van der Waals surface area contributed by atoms with E-state index >= 15 is 0 Å². The maximum Gasteiger partial charge on any atom is 0.243 e. The van der Waals surface area contributed by atoms with E-state index in [1.165, 1.54) is 5.56 Å². The van der Waals surface area contributed by atoms with E-state index in [2.05, 4.69) is 32.3 Å². The van der Waals surface area contributed by atoms with Crippen LogP contribution in [0.25, 0.3) is 0 Å². The van der Waals surface area contributed by atoms with Crippen LogP contribution in [0.15, 0.2) is 46.9 Å². The van der Waals surface area contributed by atoms with Crippen LogP contribution in [0.3, 0.4) is 0 Å². The van der Waals surface area contributed by atoms with Crippen molar-refractivity contribution in [2.24, 2.45) is 4.99 Å². The molecule has 0 saturated carbocycles. The zero-order chi connectivity index (χ0) is 18.8. The topological polar surface area (TPSA) is 60.8 Å². The minimum atomic E-state index is -0.0133. The summed E-state index contributed by atoms with van der Waals surface area (Å²) in [6.45, 7) is 1.70. The number of carbonyl (C=O) groups is 1. The highest BCUT2D eigenvalue weighted by atomic mass is 127. The Hall–Kier alpha value is -1.68. The van der Waals surface area contributed by atoms with Gasteiger partial charge in [0.15, 0.2) is 5.96 Å². The van der Waals surface area contributed by atoms with Crippen LogP contribution in [0, 0.1) is 0 Å². The highest BCUT2D eigenvalue weighted by Gasteiger charge is 2.10. The van der Waals surface area contributed by atoms with Crippen LogP contribution in [0.2, 0.25) is 0 Å². The number of thiazole rings is 1. The summed E-state index contributed by atoms with van der Waals surface area (Å²) in [6.07, 6.45) is 3.58. The molecule has 1 N–H and O–H groups in total. The zero-order valence-electron chi connectivity index (χ0n) is 16.1. The molecule has 1 aromatic carbocycles. The largest absolute Gasteiger partial charge is 0.356 e. The quantitative estimate of drug-likeness (QED) is 0.343. The van der Waals surface area contributed by atoms with Gasteiger partial charge in [0.1, 0.15) is 6.54 Å². The normalized spacial score (nSPS) is 10.9. The fourth-order valence-corrected chi connectivity index (χ4v) is 2.91. The highest BCUT2D eigenvalue weighted by Crippen LogP contribution is 2.05. The highest BCUT2D eigenvalue weighted by molar-refractivity contribution is 14.0. The van der Waals surface area contributed by atoms with E-state index in [4.69, 9.17) is 0 Å². The molecule has 0 aliphatic heterocycles. The number of carbonyl (C=O) groups excluding carboxylic acids is 1. The van der Waals surface area contributed by atoms with Crippen LogP contribution in [0.4, 0.5) is 0 Å². The van der Waals surface area contributed by atoms with Gasteiger partial charge in [0, 0.05) is 52.2 Å². The monoisotopic (exact) mass is 501 g/mol. The maximum atomic E-state index is 11.9. The van der Waals surface area contributed by atoms with Crippen LogP contribution in [0.5, 0.6) is 0 Å². The molecule has 0 atom stereocenters. The van der Waals surface area contributed by atoms with Gasteiger partial charge in [-0.3, -0.25) is 4.79 Å². The molecule has 0 spiro atoms. The number of benzene rings is 1. The Kier molecular flexibility index (Phi) is 11.0. The van der Waals surface area contributed by atoms with Crippen molar-refractivity contribution in [3.8, 4) is 0 Å². The zero-order valence-corrected chi connectivity index (χ0v) is 19.2. The molecule has 1 aromatic heterocycles. The van der Waals surface area contributed by atoms with Crippen molar-refractivity contribution in [1.29, 1.82) is 0 Å². The van der Waals surface area contributed by atoms with E-state index in [1.807, 2.05) is 36.8 Å². The summed E-state index contributed by atoms with van der Waals surface area (Å²) < 4.78 is 0. The maximum absolute atomic E-state index is 11.9. The summed E-state index contributed by atoms with van der Waals surface area (Å²) >= 11 is 1.66. The Morgan fingerprint density at radius 1 is 1.19 bits per heavy atom. The van der Waals surface area contributed by atoms with Crippen LogP contribution >= 0.6 is 35.3 Å². The average molecular weight is 501 g/mol. The van der Waals surface area contributed by atoms with Gasteiger partial charge < -0.3 is 15.1 Å². The van der Waals surface area contributed by atoms with Gasteiger partial charge in [0.05, 0.1) is 5.01 Å². The predicted molar refractivity (Wildman–Crippen MR) is 123 cm³/mol. The molecule has 6 nitrogen and oxygen atoms in total. The SMILES string of the molecule is CN(C)C(=O)CN=C(NCCc1ccccc1)N(C)CCc1nccs1.I. The second-order valence-electron chi connectivity index (χ2n) is 6.19. The van der Waals surface area contributed by atoms with Crippen molar-refractivity contribution in [2.45, 2.75) is 12.8 Å². The van der Waals surface area contributed by atoms with Crippen molar-refractivity contribution >= 4 is 47.2 Å². The van der Waals surface area contributed by atoms with E-state index in [9.17, 15) is 4.79 Å². The first kappa shape index (κ1) is 23.4. The average Bonchev–Trinajstić information content (AvgIpc) is 3.16. The molecular weight excluding hydrogens is 473 g/mol. The number of likely N-dealkylation sites (N-methyl/N-ethyl adjacent to an activating group) is 2. The van der Waals surface area contributed by atoms with Crippen molar-refractivity contribution in [1.82, 2.24) is 20.1 Å². The van der Waals surface area contributed by atoms with Gasteiger partial charge in [-0.1, -0.05) is 30.3 Å². The molecule has 1 heterocycles. The molecule has 0 aliphatic rings. The van der Waals surface area contributed by atoms with Gasteiger partial charge in [-0.2, -0.15) is 0 Å². The lowest BCUT2D eigenvalue weighted by atomic mass is 10.1. The second-order valence-corrected chi connectivity index (χ2v) is 7.17. The number of guanidine groups is 1. The van der Waals surface area contributed by atoms with Crippen molar-refractivity contribution in [2.75, 3.05) is 40.8 Å². The summed E-state index contributed by atoms with van der Waals surface area (Å²) in [6, 6.07) is 10.3. The number of rotatable bonds is 8. The van der Waals surface area contributed by atoms with E-state index in [0.29, 0.717) is 0 Å². The first-order valence-electron chi connectivity index (χ1n) is 8.68. The summed E-state index contributed by atoms with van der Waals surface area (Å²) in [5.41, 5.74) is 1.27. The van der Waals surface area contributed by atoms with Crippen LogP contribution in [-0.4, -0.2) is 67.4 Å².